The summed E-state index contributed by atoms with van der Waals surface area (Å²) in [6, 6.07) is 2.05. The number of benzene rings is 1. The molecule has 0 aromatic heterocycles. The van der Waals surface area contributed by atoms with Crippen molar-refractivity contribution in [3.8, 4) is 17.2 Å². The van der Waals surface area contributed by atoms with Crippen LogP contribution in [0.25, 0.3) is 0 Å². The van der Waals surface area contributed by atoms with E-state index in [4.69, 9.17) is 18.9 Å². The molecule has 1 aromatic carbocycles. The number of aliphatic hydroxyl groups is 1. The molecule has 2 aliphatic heterocycles. The summed E-state index contributed by atoms with van der Waals surface area (Å²) in [6.07, 6.45) is 4.61. The summed E-state index contributed by atoms with van der Waals surface area (Å²) < 4.78 is 23.0. The van der Waals surface area contributed by atoms with Crippen LogP contribution < -0.4 is 14.2 Å². The van der Waals surface area contributed by atoms with E-state index in [0.29, 0.717) is 23.7 Å². The monoisotopic (exact) mass is 308 g/mol. The van der Waals surface area contributed by atoms with E-state index < -0.39 is 0 Å². The zero-order valence-electron chi connectivity index (χ0n) is 13.5. The van der Waals surface area contributed by atoms with Crippen molar-refractivity contribution >= 4 is 0 Å². The average molecular weight is 308 g/mol. The molecule has 0 spiro atoms. The van der Waals surface area contributed by atoms with Gasteiger partial charge in [-0.2, -0.15) is 0 Å². The first-order valence-corrected chi connectivity index (χ1v) is 7.80. The van der Waals surface area contributed by atoms with Gasteiger partial charge in [0.25, 0.3) is 0 Å². The highest BCUT2D eigenvalue weighted by Crippen LogP contribution is 2.56. The van der Waals surface area contributed by atoms with Crippen LogP contribution in [0.3, 0.4) is 0 Å². The van der Waals surface area contributed by atoms with Gasteiger partial charge in [0.2, 0.25) is 5.75 Å². The quantitative estimate of drug-likeness (QED) is 0.874. The molecule has 3 rings (SSSR count). The molecular formula is C17H24O5. The zero-order valence-corrected chi connectivity index (χ0v) is 13.5. The highest BCUT2D eigenvalue weighted by atomic mass is 16.5. The molecule has 0 unspecified atom stereocenters. The second-order valence-corrected chi connectivity index (χ2v) is 5.98. The number of hydrogen-bond donors (Lipinski definition) is 1. The lowest BCUT2D eigenvalue weighted by molar-refractivity contribution is -0.0668. The Morgan fingerprint density at radius 3 is 2.64 bits per heavy atom. The molecule has 1 fully saturated rings. The fourth-order valence-electron chi connectivity index (χ4n) is 3.94. The van der Waals surface area contributed by atoms with E-state index in [9.17, 15) is 5.11 Å². The second kappa shape index (κ2) is 5.97. The Morgan fingerprint density at radius 2 is 2.00 bits per heavy atom. The number of rotatable bonds is 6. The maximum Gasteiger partial charge on any atom is 0.203 e. The van der Waals surface area contributed by atoms with Gasteiger partial charge in [0, 0.05) is 12.2 Å². The molecule has 0 aliphatic carbocycles. The topological polar surface area (TPSA) is 57.2 Å². The summed E-state index contributed by atoms with van der Waals surface area (Å²) in [5.41, 5.74) is 1.92. The van der Waals surface area contributed by atoms with Crippen LogP contribution in [0.5, 0.6) is 17.2 Å². The summed E-state index contributed by atoms with van der Waals surface area (Å²) >= 11 is 0. The van der Waals surface area contributed by atoms with Crippen LogP contribution in [-0.4, -0.2) is 39.1 Å². The largest absolute Gasteiger partial charge is 0.493 e. The maximum atomic E-state index is 9.25. The molecule has 1 saturated heterocycles. The van der Waals surface area contributed by atoms with Gasteiger partial charge in [0.1, 0.15) is 0 Å². The van der Waals surface area contributed by atoms with Crippen LogP contribution in [0.15, 0.2) is 6.07 Å². The minimum Gasteiger partial charge on any atom is -0.493 e. The van der Waals surface area contributed by atoms with E-state index in [1.165, 1.54) is 5.56 Å². The molecular weight excluding hydrogens is 284 g/mol. The Morgan fingerprint density at radius 1 is 1.23 bits per heavy atom. The lowest BCUT2D eigenvalue weighted by atomic mass is 9.82. The van der Waals surface area contributed by atoms with E-state index in [-0.39, 0.29) is 18.3 Å². The Hall–Kier alpha value is -1.46. The Kier molecular flexibility index (Phi) is 4.19. The number of fused-ring (bicyclic) bond motifs is 4. The van der Waals surface area contributed by atoms with Crippen LogP contribution in [0.4, 0.5) is 0 Å². The maximum absolute atomic E-state index is 9.25. The van der Waals surface area contributed by atoms with E-state index in [2.05, 4.69) is 0 Å². The van der Waals surface area contributed by atoms with E-state index in [0.717, 1.165) is 31.2 Å². The lowest BCUT2D eigenvalue weighted by Gasteiger charge is -2.37. The molecule has 0 radical (unpaired) electrons. The van der Waals surface area contributed by atoms with E-state index in [1.54, 1.807) is 21.3 Å². The van der Waals surface area contributed by atoms with Crippen LogP contribution in [-0.2, 0) is 16.8 Å². The van der Waals surface area contributed by atoms with Gasteiger partial charge in [-0.05, 0) is 43.7 Å². The molecule has 0 saturated carbocycles. The third-order valence-electron chi connectivity index (χ3n) is 4.82. The SMILES string of the molecule is COc1cc2c(c(OC)c1OC)[C@]1(CCCO)CC[C@H](C2)O1. The molecule has 2 heterocycles. The van der Waals surface area contributed by atoms with Crippen LogP contribution in [0.1, 0.15) is 36.8 Å². The molecule has 22 heavy (non-hydrogen) atoms. The van der Waals surface area contributed by atoms with E-state index in [1.807, 2.05) is 6.07 Å². The van der Waals surface area contributed by atoms with Gasteiger partial charge in [-0.3, -0.25) is 0 Å². The van der Waals surface area contributed by atoms with Crippen molar-refractivity contribution < 1.29 is 24.1 Å². The summed E-state index contributed by atoms with van der Waals surface area (Å²) in [6.45, 7) is 0.167. The summed E-state index contributed by atoms with van der Waals surface area (Å²) in [5.74, 6) is 2.01. The van der Waals surface area contributed by atoms with Crippen LogP contribution >= 0.6 is 0 Å². The predicted molar refractivity (Wildman–Crippen MR) is 81.9 cm³/mol. The van der Waals surface area contributed by atoms with Crippen molar-refractivity contribution in [2.75, 3.05) is 27.9 Å². The van der Waals surface area contributed by atoms with Gasteiger partial charge in [-0.15, -0.1) is 0 Å². The fraction of sp³-hybridized carbons (Fsp3) is 0.647. The molecule has 2 aliphatic rings. The van der Waals surface area contributed by atoms with Crippen molar-refractivity contribution in [1.82, 2.24) is 0 Å². The van der Waals surface area contributed by atoms with Gasteiger partial charge in [0.05, 0.1) is 33.0 Å². The summed E-state index contributed by atoms with van der Waals surface area (Å²) in [7, 11) is 4.91. The standard InChI is InChI=1S/C17H24O5/c1-19-13-10-11-9-12-5-7-17(22-12,6-4-8-18)14(11)16(21-3)15(13)20-2/h10,12,18H,4-9H2,1-3H3/t12-,17+/m1/s1. The minimum absolute atomic E-state index is 0.167. The van der Waals surface area contributed by atoms with Gasteiger partial charge in [-0.25, -0.2) is 0 Å². The van der Waals surface area contributed by atoms with Crippen molar-refractivity contribution in [3.63, 3.8) is 0 Å². The number of aliphatic hydroxyl groups excluding tert-OH is 1. The number of hydrogen-bond acceptors (Lipinski definition) is 5. The number of ether oxygens (including phenoxy) is 4. The molecule has 2 bridgehead atoms. The summed E-state index contributed by atoms with van der Waals surface area (Å²) in [4.78, 5) is 0. The first-order chi connectivity index (χ1) is 10.7. The van der Waals surface area contributed by atoms with Gasteiger partial charge >= 0.3 is 0 Å². The van der Waals surface area contributed by atoms with Crippen LogP contribution in [0.2, 0.25) is 0 Å². The summed E-state index contributed by atoms with van der Waals surface area (Å²) in [5, 5.41) is 9.25. The molecule has 122 valence electrons. The molecule has 5 nitrogen and oxygen atoms in total. The smallest absolute Gasteiger partial charge is 0.203 e. The van der Waals surface area contributed by atoms with Crippen LogP contribution in [0, 0.1) is 0 Å². The third kappa shape index (κ3) is 2.23. The van der Waals surface area contributed by atoms with Gasteiger partial charge in [0.15, 0.2) is 11.5 Å². The minimum atomic E-state index is -0.369. The van der Waals surface area contributed by atoms with Gasteiger partial charge < -0.3 is 24.1 Å². The van der Waals surface area contributed by atoms with Crippen molar-refractivity contribution in [1.29, 1.82) is 0 Å². The Labute approximate surface area is 131 Å². The van der Waals surface area contributed by atoms with E-state index >= 15 is 0 Å². The lowest BCUT2D eigenvalue weighted by Crippen LogP contribution is -2.34. The number of methoxy groups -OCH3 is 3. The Balaban J connectivity index is 2.18. The second-order valence-electron chi connectivity index (χ2n) is 5.98. The highest BCUT2D eigenvalue weighted by Gasteiger charge is 2.49. The molecule has 0 amide bonds. The zero-order chi connectivity index (χ0) is 15.7. The molecule has 1 N–H and O–H groups in total. The predicted octanol–water partition coefficient (Wildman–Crippen LogP) is 2.42. The third-order valence-corrected chi connectivity index (χ3v) is 4.82. The first kappa shape index (κ1) is 15.4. The molecule has 2 atom stereocenters. The molecule has 1 aromatic rings. The Bertz CT molecular complexity index is 556. The van der Waals surface area contributed by atoms with Crippen molar-refractivity contribution in [2.45, 2.75) is 43.8 Å². The van der Waals surface area contributed by atoms with Gasteiger partial charge in [-0.1, -0.05) is 0 Å². The fourth-order valence-corrected chi connectivity index (χ4v) is 3.94. The average Bonchev–Trinajstić information content (AvgIpc) is 2.89. The van der Waals surface area contributed by atoms with Crippen molar-refractivity contribution in [2.24, 2.45) is 0 Å². The molecule has 5 heteroatoms. The highest BCUT2D eigenvalue weighted by molar-refractivity contribution is 5.62. The first-order valence-electron chi connectivity index (χ1n) is 7.80. The normalized spacial score (nSPS) is 25.7. The van der Waals surface area contributed by atoms with Crippen molar-refractivity contribution in [3.05, 3.63) is 17.2 Å².